The van der Waals surface area contributed by atoms with E-state index in [0.717, 1.165) is 21.2 Å². The van der Waals surface area contributed by atoms with Crippen LogP contribution in [0.5, 0.6) is 0 Å². The number of hydrogen-bond acceptors (Lipinski definition) is 4. The molecule has 0 aliphatic rings. The van der Waals surface area contributed by atoms with Crippen LogP contribution in [0.2, 0.25) is 0 Å². The van der Waals surface area contributed by atoms with Crippen LogP contribution in [0, 0.1) is 5.82 Å². The molecule has 2 N–H and O–H groups in total. The number of nitrogens with one attached hydrogen (secondary N) is 1. The molecular weight excluding hydrogens is 363 g/mol. The lowest BCUT2D eigenvalue weighted by Gasteiger charge is -2.08. The second kappa shape index (κ2) is 7.06. The van der Waals surface area contributed by atoms with Crippen molar-refractivity contribution in [2.75, 3.05) is 6.54 Å². The third-order valence-electron chi connectivity index (χ3n) is 4.31. The van der Waals surface area contributed by atoms with Crippen LogP contribution in [-0.2, 0) is 0 Å². The van der Waals surface area contributed by atoms with Gasteiger partial charge in [0.15, 0.2) is 0 Å². The summed E-state index contributed by atoms with van der Waals surface area (Å²) in [5.41, 5.74) is 2.35. The van der Waals surface area contributed by atoms with E-state index in [1.54, 1.807) is 19.2 Å². The monoisotopic (exact) mass is 380 g/mol. The highest BCUT2D eigenvalue weighted by Gasteiger charge is 2.21. The predicted octanol–water partition coefficient (Wildman–Crippen LogP) is 4.37. The zero-order chi connectivity index (χ0) is 19.0. The Hall–Kier alpha value is -2.83. The Morgan fingerprint density at radius 1 is 1.22 bits per heavy atom. The van der Waals surface area contributed by atoms with Crippen molar-refractivity contribution in [1.29, 1.82) is 0 Å². The normalized spacial score (nSPS) is 12.4. The van der Waals surface area contributed by atoms with Crippen LogP contribution < -0.4 is 5.32 Å². The molecule has 4 nitrogen and oxygen atoms in total. The molecule has 27 heavy (non-hydrogen) atoms. The number of aromatic nitrogens is 1. The van der Waals surface area contributed by atoms with Gasteiger partial charge in [-0.05, 0) is 30.7 Å². The fraction of sp³-hybridized carbons (Fsp3) is 0.143. The summed E-state index contributed by atoms with van der Waals surface area (Å²) in [7, 11) is 0. The fourth-order valence-electron chi connectivity index (χ4n) is 3.08. The fourth-order valence-corrected chi connectivity index (χ4v) is 4.31. The van der Waals surface area contributed by atoms with E-state index in [1.165, 1.54) is 23.5 Å². The number of pyridine rings is 1. The van der Waals surface area contributed by atoms with Crippen LogP contribution in [0.25, 0.3) is 32.1 Å². The van der Waals surface area contributed by atoms with Crippen molar-refractivity contribution >= 4 is 38.2 Å². The van der Waals surface area contributed by atoms with Gasteiger partial charge in [-0.25, -0.2) is 4.39 Å². The summed E-state index contributed by atoms with van der Waals surface area (Å²) >= 11 is 1.32. The van der Waals surface area contributed by atoms with Gasteiger partial charge in [0.25, 0.3) is 5.91 Å². The first-order valence-electron chi connectivity index (χ1n) is 8.57. The summed E-state index contributed by atoms with van der Waals surface area (Å²) < 4.78 is 14.7. The Balaban J connectivity index is 1.98. The smallest absolute Gasteiger partial charge is 0.262 e. The number of carbonyl (C=O) groups excluding carboxylic acids is 1. The highest BCUT2D eigenvalue weighted by molar-refractivity contribution is 7.22. The zero-order valence-electron chi connectivity index (χ0n) is 14.6. The first-order chi connectivity index (χ1) is 13.0. The minimum Gasteiger partial charge on any atom is -0.392 e. The number of halogens is 1. The average molecular weight is 380 g/mol. The minimum atomic E-state index is -0.639. The van der Waals surface area contributed by atoms with Gasteiger partial charge in [-0.2, -0.15) is 0 Å². The number of carbonyl (C=O) groups is 1. The van der Waals surface area contributed by atoms with Gasteiger partial charge in [-0.15, -0.1) is 11.3 Å². The highest BCUT2D eigenvalue weighted by atomic mass is 32.1. The SMILES string of the molecule is CC(O)CNC(=O)c1sc2c(cnc3ccc(F)cc32)c1-c1ccccc1. The van der Waals surface area contributed by atoms with Crippen LogP contribution in [0.3, 0.4) is 0 Å². The second-order valence-electron chi connectivity index (χ2n) is 6.39. The van der Waals surface area contributed by atoms with Crippen LogP contribution in [0.4, 0.5) is 4.39 Å². The molecule has 4 aromatic rings. The lowest BCUT2D eigenvalue weighted by Crippen LogP contribution is -2.30. The Labute approximate surface area is 159 Å². The number of nitrogens with zero attached hydrogens (tertiary/aromatic N) is 1. The quantitative estimate of drug-likeness (QED) is 0.553. The van der Waals surface area contributed by atoms with Crippen LogP contribution in [-0.4, -0.2) is 28.6 Å². The second-order valence-corrected chi connectivity index (χ2v) is 7.41. The maximum Gasteiger partial charge on any atom is 0.262 e. The first-order valence-corrected chi connectivity index (χ1v) is 9.38. The number of hydrogen-bond donors (Lipinski definition) is 2. The Morgan fingerprint density at radius 3 is 2.74 bits per heavy atom. The van der Waals surface area contributed by atoms with E-state index in [4.69, 9.17) is 0 Å². The number of rotatable bonds is 4. The van der Waals surface area contributed by atoms with Crippen molar-refractivity contribution < 1.29 is 14.3 Å². The molecule has 0 aliphatic carbocycles. The van der Waals surface area contributed by atoms with Gasteiger partial charge >= 0.3 is 0 Å². The van der Waals surface area contributed by atoms with E-state index in [9.17, 15) is 14.3 Å². The van der Waals surface area contributed by atoms with Gasteiger partial charge in [0.2, 0.25) is 0 Å². The van der Waals surface area contributed by atoms with Crippen molar-refractivity contribution in [3.05, 3.63) is 65.4 Å². The summed E-state index contributed by atoms with van der Waals surface area (Å²) in [6.07, 6.45) is 1.10. The lowest BCUT2D eigenvalue weighted by molar-refractivity contribution is 0.0928. The highest BCUT2D eigenvalue weighted by Crippen LogP contribution is 2.41. The summed E-state index contributed by atoms with van der Waals surface area (Å²) in [6, 6.07) is 14.1. The number of aliphatic hydroxyl groups is 1. The van der Waals surface area contributed by atoms with E-state index in [0.29, 0.717) is 15.8 Å². The van der Waals surface area contributed by atoms with E-state index in [1.807, 2.05) is 30.3 Å². The van der Waals surface area contributed by atoms with E-state index >= 15 is 0 Å². The molecule has 1 atom stereocenters. The Bertz CT molecular complexity index is 1140. The molecule has 1 unspecified atom stereocenters. The third kappa shape index (κ3) is 3.29. The summed E-state index contributed by atoms with van der Waals surface area (Å²) in [5.74, 6) is -0.605. The molecule has 4 rings (SSSR count). The molecule has 2 heterocycles. The van der Waals surface area contributed by atoms with Crippen LogP contribution in [0.15, 0.2) is 54.7 Å². The zero-order valence-corrected chi connectivity index (χ0v) is 15.4. The van der Waals surface area contributed by atoms with Gasteiger partial charge in [-0.3, -0.25) is 9.78 Å². The molecule has 0 spiro atoms. The van der Waals surface area contributed by atoms with Gasteiger partial charge < -0.3 is 10.4 Å². The van der Waals surface area contributed by atoms with Gasteiger partial charge in [0, 0.05) is 33.8 Å². The molecule has 0 saturated carbocycles. The molecule has 6 heteroatoms. The van der Waals surface area contributed by atoms with Crippen molar-refractivity contribution in [3.63, 3.8) is 0 Å². The predicted molar refractivity (Wildman–Crippen MR) is 107 cm³/mol. The number of benzene rings is 2. The van der Waals surface area contributed by atoms with Crippen molar-refractivity contribution in [3.8, 4) is 11.1 Å². The van der Waals surface area contributed by atoms with Gasteiger partial charge in [-0.1, -0.05) is 30.3 Å². The molecule has 0 aliphatic heterocycles. The molecule has 2 aromatic heterocycles. The largest absolute Gasteiger partial charge is 0.392 e. The summed E-state index contributed by atoms with van der Waals surface area (Å²) in [5, 5.41) is 13.7. The molecule has 136 valence electrons. The molecule has 2 aromatic carbocycles. The molecule has 0 bridgehead atoms. The molecule has 0 fully saturated rings. The van der Waals surface area contributed by atoms with Crippen LogP contribution in [0.1, 0.15) is 16.6 Å². The molecule has 1 amide bonds. The van der Waals surface area contributed by atoms with Crippen molar-refractivity contribution in [2.45, 2.75) is 13.0 Å². The molecule has 0 saturated heterocycles. The number of aliphatic hydroxyl groups excluding tert-OH is 1. The standard InChI is InChI=1S/C21H17FN2O2S/c1-12(25)10-24-21(26)20-18(13-5-3-2-4-6-13)16-11-23-17-8-7-14(22)9-15(17)19(16)27-20/h2-9,11-12,25H,10H2,1H3,(H,24,26). The van der Waals surface area contributed by atoms with Crippen LogP contribution >= 0.6 is 11.3 Å². The number of thiophene rings is 1. The van der Waals surface area contributed by atoms with E-state index in [-0.39, 0.29) is 18.3 Å². The third-order valence-corrected chi connectivity index (χ3v) is 5.55. The Morgan fingerprint density at radius 2 is 2.00 bits per heavy atom. The van der Waals surface area contributed by atoms with Crippen molar-refractivity contribution in [1.82, 2.24) is 10.3 Å². The maximum atomic E-state index is 13.8. The average Bonchev–Trinajstić information content (AvgIpc) is 3.07. The van der Waals surface area contributed by atoms with Gasteiger partial charge in [0.1, 0.15) is 10.7 Å². The first kappa shape index (κ1) is 17.6. The van der Waals surface area contributed by atoms with Crippen molar-refractivity contribution in [2.24, 2.45) is 0 Å². The minimum absolute atomic E-state index is 0.162. The van der Waals surface area contributed by atoms with E-state index in [2.05, 4.69) is 10.3 Å². The lowest BCUT2D eigenvalue weighted by atomic mass is 10.0. The molecule has 0 radical (unpaired) electrons. The topological polar surface area (TPSA) is 62.2 Å². The summed E-state index contributed by atoms with van der Waals surface area (Å²) in [4.78, 5) is 17.8. The maximum absolute atomic E-state index is 13.8. The summed E-state index contributed by atoms with van der Waals surface area (Å²) in [6.45, 7) is 1.78. The van der Waals surface area contributed by atoms with Gasteiger partial charge in [0.05, 0.1) is 11.6 Å². The van der Waals surface area contributed by atoms with E-state index < -0.39 is 6.10 Å². The molecular formula is C21H17FN2O2S. The number of amides is 1. The number of fused-ring (bicyclic) bond motifs is 3. The Kier molecular flexibility index (Phi) is 4.59.